The predicted octanol–water partition coefficient (Wildman–Crippen LogP) is 2.62. The van der Waals surface area contributed by atoms with Gasteiger partial charge in [-0.2, -0.15) is 0 Å². The molecule has 0 saturated carbocycles. The third-order valence-electron chi connectivity index (χ3n) is 2.07. The number of nitrogens with two attached hydrogens (primary N) is 1. The van der Waals surface area contributed by atoms with Crippen molar-refractivity contribution < 1.29 is 17.9 Å². The monoisotopic (exact) mass is 253 g/mol. The standard InChI is InChI=1S/C10H11ClF3NO/c1-16-9-5(3-8(15)10(13)14)2-6(11)4-7(9)12/h2,4,8,10H,3,15H2,1H3. The van der Waals surface area contributed by atoms with Gasteiger partial charge in [0.25, 0.3) is 6.43 Å². The van der Waals surface area contributed by atoms with Crippen LogP contribution in [-0.4, -0.2) is 19.6 Å². The maximum atomic E-state index is 13.3. The van der Waals surface area contributed by atoms with E-state index in [-0.39, 0.29) is 22.8 Å². The van der Waals surface area contributed by atoms with E-state index in [4.69, 9.17) is 22.1 Å². The Hall–Kier alpha value is -0.940. The number of hydrogen-bond acceptors (Lipinski definition) is 2. The van der Waals surface area contributed by atoms with Crippen molar-refractivity contribution in [2.24, 2.45) is 5.73 Å². The van der Waals surface area contributed by atoms with Crippen molar-refractivity contribution in [1.82, 2.24) is 0 Å². The number of ether oxygens (including phenoxy) is 1. The van der Waals surface area contributed by atoms with Crippen molar-refractivity contribution >= 4 is 11.6 Å². The molecule has 1 aromatic rings. The Morgan fingerprint density at radius 1 is 1.44 bits per heavy atom. The molecule has 0 radical (unpaired) electrons. The number of hydrogen-bond donors (Lipinski definition) is 1. The minimum atomic E-state index is -2.67. The van der Waals surface area contributed by atoms with E-state index in [1.165, 1.54) is 13.2 Å². The van der Waals surface area contributed by atoms with Gasteiger partial charge in [0.15, 0.2) is 11.6 Å². The first-order chi connectivity index (χ1) is 7.45. The summed E-state index contributed by atoms with van der Waals surface area (Å²) in [5.74, 6) is -0.785. The molecular weight excluding hydrogens is 243 g/mol. The lowest BCUT2D eigenvalue weighted by atomic mass is 10.1. The summed E-state index contributed by atoms with van der Waals surface area (Å²) in [7, 11) is 1.25. The van der Waals surface area contributed by atoms with Gasteiger partial charge in [-0.25, -0.2) is 13.2 Å². The first kappa shape index (κ1) is 13.1. The molecule has 6 heteroatoms. The Bertz CT molecular complexity index is 373. The largest absolute Gasteiger partial charge is 0.493 e. The molecule has 0 fully saturated rings. The molecule has 90 valence electrons. The summed E-state index contributed by atoms with van der Waals surface area (Å²) in [5.41, 5.74) is 5.44. The van der Waals surface area contributed by atoms with E-state index in [0.717, 1.165) is 6.07 Å². The van der Waals surface area contributed by atoms with Crippen LogP contribution in [0.15, 0.2) is 12.1 Å². The van der Waals surface area contributed by atoms with E-state index >= 15 is 0 Å². The molecule has 0 aliphatic carbocycles. The van der Waals surface area contributed by atoms with Crippen LogP contribution in [0.1, 0.15) is 5.56 Å². The maximum Gasteiger partial charge on any atom is 0.253 e. The maximum absolute atomic E-state index is 13.3. The highest BCUT2D eigenvalue weighted by Gasteiger charge is 2.19. The smallest absolute Gasteiger partial charge is 0.253 e. The number of methoxy groups -OCH3 is 1. The van der Waals surface area contributed by atoms with Gasteiger partial charge < -0.3 is 10.5 Å². The zero-order chi connectivity index (χ0) is 12.3. The van der Waals surface area contributed by atoms with E-state index in [1.54, 1.807) is 0 Å². The summed E-state index contributed by atoms with van der Waals surface area (Å²) in [6.45, 7) is 0. The van der Waals surface area contributed by atoms with Crippen LogP contribution in [0, 0.1) is 5.82 Å². The minimum absolute atomic E-state index is 0.0968. The van der Waals surface area contributed by atoms with Crippen molar-refractivity contribution in [3.63, 3.8) is 0 Å². The summed E-state index contributed by atoms with van der Waals surface area (Å²) in [5, 5.41) is 0.120. The van der Waals surface area contributed by atoms with Gasteiger partial charge >= 0.3 is 0 Å². The lowest BCUT2D eigenvalue weighted by Gasteiger charge is -2.14. The molecule has 0 aromatic heterocycles. The molecule has 16 heavy (non-hydrogen) atoms. The number of benzene rings is 1. The van der Waals surface area contributed by atoms with Crippen molar-refractivity contribution in [3.8, 4) is 5.75 Å². The van der Waals surface area contributed by atoms with Gasteiger partial charge in [-0.3, -0.25) is 0 Å². The summed E-state index contributed by atoms with van der Waals surface area (Å²) < 4.78 is 42.6. The average Bonchev–Trinajstić information content (AvgIpc) is 2.16. The van der Waals surface area contributed by atoms with Crippen LogP contribution in [0.25, 0.3) is 0 Å². The van der Waals surface area contributed by atoms with Crippen molar-refractivity contribution in [2.75, 3.05) is 7.11 Å². The van der Waals surface area contributed by atoms with E-state index in [0.29, 0.717) is 0 Å². The van der Waals surface area contributed by atoms with Gasteiger partial charge in [0.05, 0.1) is 13.2 Å². The third-order valence-corrected chi connectivity index (χ3v) is 2.29. The van der Waals surface area contributed by atoms with Crippen molar-refractivity contribution in [2.45, 2.75) is 18.9 Å². The van der Waals surface area contributed by atoms with Crippen molar-refractivity contribution in [3.05, 3.63) is 28.5 Å². The lowest BCUT2D eigenvalue weighted by Crippen LogP contribution is -2.31. The van der Waals surface area contributed by atoms with Gasteiger partial charge in [-0.1, -0.05) is 11.6 Å². The number of rotatable bonds is 4. The zero-order valence-electron chi connectivity index (χ0n) is 8.51. The van der Waals surface area contributed by atoms with Gasteiger partial charge in [0.2, 0.25) is 0 Å². The van der Waals surface area contributed by atoms with Gasteiger partial charge in [-0.15, -0.1) is 0 Å². The van der Waals surface area contributed by atoms with Crippen LogP contribution in [0.3, 0.4) is 0 Å². The second-order valence-electron chi connectivity index (χ2n) is 3.28. The Morgan fingerprint density at radius 2 is 2.06 bits per heavy atom. The fourth-order valence-electron chi connectivity index (χ4n) is 1.34. The van der Waals surface area contributed by atoms with Gasteiger partial charge in [0.1, 0.15) is 0 Å². The van der Waals surface area contributed by atoms with E-state index in [9.17, 15) is 13.2 Å². The van der Waals surface area contributed by atoms with Crippen LogP contribution in [0.4, 0.5) is 13.2 Å². The highest BCUT2D eigenvalue weighted by Crippen LogP contribution is 2.28. The number of halogens is 4. The minimum Gasteiger partial charge on any atom is -0.493 e. The molecule has 0 aliphatic rings. The Balaban J connectivity index is 3.02. The molecule has 1 rings (SSSR count). The van der Waals surface area contributed by atoms with Crippen LogP contribution in [0.2, 0.25) is 5.02 Å². The molecule has 1 aromatic carbocycles. The second-order valence-corrected chi connectivity index (χ2v) is 3.72. The summed E-state index contributed by atoms with van der Waals surface area (Å²) >= 11 is 5.62. The third kappa shape index (κ3) is 3.02. The topological polar surface area (TPSA) is 35.2 Å². The van der Waals surface area contributed by atoms with E-state index in [2.05, 4.69) is 0 Å². The SMILES string of the molecule is COc1c(F)cc(Cl)cc1CC(N)C(F)F. The average molecular weight is 254 g/mol. The summed E-state index contributed by atoms with van der Waals surface area (Å²) in [6.07, 6.45) is -2.87. The molecular formula is C10H11ClF3NO. The molecule has 0 heterocycles. The predicted molar refractivity (Wildman–Crippen MR) is 55.6 cm³/mol. The van der Waals surface area contributed by atoms with Gasteiger partial charge in [0, 0.05) is 10.6 Å². The summed E-state index contributed by atoms with van der Waals surface area (Å²) in [4.78, 5) is 0. The fraction of sp³-hybridized carbons (Fsp3) is 0.400. The van der Waals surface area contributed by atoms with Crippen LogP contribution < -0.4 is 10.5 Å². The first-order valence-electron chi connectivity index (χ1n) is 4.51. The van der Waals surface area contributed by atoms with Crippen LogP contribution in [0.5, 0.6) is 5.75 Å². The highest BCUT2D eigenvalue weighted by molar-refractivity contribution is 6.30. The molecule has 0 aliphatic heterocycles. The highest BCUT2D eigenvalue weighted by atomic mass is 35.5. The van der Waals surface area contributed by atoms with Gasteiger partial charge in [-0.05, 0) is 18.6 Å². The molecule has 1 unspecified atom stereocenters. The molecule has 2 nitrogen and oxygen atoms in total. The normalized spacial score (nSPS) is 12.9. The summed E-state index contributed by atoms with van der Waals surface area (Å²) in [6, 6.07) is 1.05. The second kappa shape index (κ2) is 5.41. The Labute approximate surface area is 96.1 Å². The van der Waals surface area contributed by atoms with E-state index in [1.807, 2.05) is 0 Å². The van der Waals surface area contributed by atoms with Crippen molar-refractivity contribution in [1.29, 1.82) is 0 Å². The zero-order valence-corrected chi connectivity index (χ0v) is 9.27. The molecule has 0 amide bonds. The van der Waals surface area contributed by atoms with Crippen LogP contribution in [-0.2, 0) is 6.42 Å². The Kier molecular flexibility index (Phi) is 4.44. The fourth-order valence-corrected chi connectivity index (χ4v) is 1.56. The lowest BCUT2D eigenvalue weighted by molar-refractivity contribution is 0.115. The van der Waals surface area contributed by atoms with Crippen LogP contribution >= 0.6 is 11.6 Å². The molecule has 2 N–H and O–H groups in total. The molecule has 1 atom stereocenters. The molecule has 0 saturated heterocycles. The molecule has 0 bridgehead atoms. The molecule has 0 spiro atoms. The number of alkyl halides is 2. The van der Waals surface area contributed by atoms with E-state index < -0.39 is 18.3 Å². The Morgan fingerprint density at radius 3 is 2.56 bits per heavy atom. The quantitative estimate of drug-likeness (QED) is 0.895. The first-order valence-corrected chi connectivity index (χ1v) is 4.89.